The van der Waals surface area contributed by atoms with Crippen LogP contribution in [-0.2, 0) is 4.74 Å². The fourth-order valence-corrected chi connectivity index (χ4v) is 1.80. The Morgan fingerprint density at radius 1 is 1.19 bits per heavy atom. The zero-order valence-corrected chi connectivity index (χ0v) is 11.2. The zero-order valence-electron chi connectivity index (χ0n) is 11.2. The van der Waals surface area contributed by atoms with E-state index in [1.54, 1.807) is 18.2 Å². The van der Waals surface area contributed by atoms with E-state index < -0.39 is 10.9 Å². The van der Waals surface area contributed by atoms with Crippen molar-refractivity contribution in [3.8, 4) is 0 Å². The molecule has 0 aromatic heterocycles. The molecule has 0 N–H and O–H groups in total. The minimum atomic E-state index is -0.753. The largest absolute Gasteiger partial charge is 0.465 e. The number of ether oxygens (including phenoxy) is 1. The Bertz CT molecular complexity index is 696. The molecule has 6 nitrogen and oxygen atoms in total. The van der Waals surface area contributed by atoms with Crippen molar-refractivity contribution < 1.29 is 14.5 Å². The number of benzene rings is 2. The molecular formula is C15H12N2O4. The van der Waals surface area contributed by atoms with Gasteiger partial charge in [0.1, 0.15) is 5.56 Å². The second-order valence-corrected chi connectivity index (χ2v) is 4.09. The first-order valence-corrected chi connectivity index (χ1v) is 6.08. The van der Waals surface area contributed by atoms with E-state index >= 15 is 0 Å². The molecule has 0 amide bonds. The average molecular weight is 284 g/mol. The van der Waals surface area contributed by atoms with E-state index in [-0.39, 0.29) is 16.8 Å². The molecule has 0 atom stereocenters. The summed E-state index contributed by atoms with van der Waals surface area (Å²) in [5.74, 6) is -0.753. The van der Waals surface area contributed by atoms with Gasteiger partial charge in [-0.3, -0.25) is 15.1 Å². The zero-order chi connectivity index (χ0) is 15.2. The highest BCUT2D eigenvalue weighted by Gasteiger charge is 2.24. The lowest BCUT2D eigenvalue weighted by Crippen LogP contribution is -2.07. The summed E-state index contributed by atoms with van der Waals surface area (Å²) in [5, 5.41) is 11.2. The van der Waals surface area contributed by atoms with Crippen molar-refractivity contribution in [2.24, 2.45) is 4.99 Å². The Labute approximate surface area is 120 Å². The molecule has 0 saturated carbocycles. The summed E-state index contributed by atoms with van der Waals surface area (Å²) in [5.41, 5.74) is 0.491. The fourth-order valence-electron chi connectivity index (χ4n) is 1.80. The maximum atomic E-state index is 11.6. The molecule has 0 heterocycles. The standard InChI is InChI=1S/C15H12N2O4/c1-21-15(18)13-9-5-6-11(14(13)17(19)20)10-16-12-7-3-2-4-8-12/h2-10H,1H3. The highest BCUT2D eigenvalue weighted by molar-refractivity contribution is 5.99. The average Bonchev–Trinajstić information content (AvgIpc) is 2.52. The molecule has 2 aromatic rings. The number of nitro groups is 1. The minimum absolute atomic E-state index is 0.0977. The summed E-state index contributed by atoms with van der Waals surface area (Å²) < 4.78 is 4.56. The SMILES string of the molecule is COC(=O)c1cccc(C=Nc2ccccc2)c1[N+](=O)[O-]. The lowest BCUT2D eigenvalue weighted by molar-refractivity contribution is -0.385. The van der Waals surface area contributed by atoms with Crippen molar-refractivity contribution in [1.29, 1.82) is 0 Å². The van der Waals surface area contributed by atoms with Crippen LogP contribution in [0.5, 0.6) is 0 Å². The minimum Gasteiger partial charge on any atom is -0.465 e. The number of aliphatic imine (C=N–C) groups is 1. The molecule has 21 heavy (non-hydrogen) atoms. The van der Waals surface area contributed by atoms with Crippen LogP contribution in [0.3, 0.4) is 0 Å². The molecule has 2 aromatic carbocycles. The second kappa shape index (κ2) is 6.42. The van der Waals surface area contributed by atoms with Crippen LogP contribution in [0, 0.1) is 10.1 Å². The normalized spacial score (nSPS) is 10.5. The molecule has 0 saturated heterocycles. The van der Waals surface area contributed by atoms with Gasteiger partial charge in [-0.05, 0) is 24.3 Å². The summed E-state index contributed by atoms with van der Waals surface area (Å²) in [6.45, 7) is 0. The topological polar surface area (TPSA) is 81.8 Å². The van der Waals surface area contributed by atoms with Gasteiger partial charge in [-0.1, -0.05) is 24.3 Å². The molecule has 0 aliphatic carbocycles. The summed E-state index contributed by atoms with van der Waals surface area (Å²) in [4.78, 5) is 26.4. The predicted molar refractivity (Wildman–Crippen MR) is 78.1 cm³/mol. The summed E-state index contributed by atoms with van der Waals surface area (Å²) in [7, 11) is 1.18. The molecular weight excluding hydrogens is 272 g/mol. The molecule has 0 spiro atoms. The van der Waals surface area contributed by atoms with Crippen LogP contribution in [-0.4, -0.2) is 24.2 Å². The molecule has 0 radical (unpaired) electrons. The van der Waals surface area contributed by atoms with Crippen molar-refractivity contribution in [3.63, 3.8) is 0 Å². The van der Waals surface area contributed by atoms with E-state index in [1.807, 2.05) is 18.2 Å². The molecule has 2 rings (SSSR count). The van der Waals surface area contributed by atoms with Gasteiger partial charge >= 0.3 is 5.97 Å². The van der Waals surface area contributed by atoms with Crippen LogP contribution < -0.4 is 0 Å². The van der Waals surface area contributed by atoms with Crippen LogP contribution in [0.4, 0.5) is 11.4 Å². The number of nitrogens with zero attached hydrogens (tertiary/aromatic N) is 2. The van der Waals surface area contributed by atoms with E-state index in [9.17, 15) is 14.9 Å². The third-order valence-electron chi connectivity index (χ3n) is 2.76. The van der Waals surface area contributed by atoms with Crippen LogP contribution in [0.15, 0.2) is 53.5 Å². The van der Waals surface area contributed by atoms with Crippen LogP contribution in [0.1, 0.15) is 15.9 Å². The van der Waals surface area contributed by atoms with Gasteiger partial charge in [0, 0.05) is 6.21 Å². The van der Waals surface area contributed by atoms with E-state index in [0.29, 0.717) is 5.69 Å². The first-order chi connectivity index (χ1) is 10.1. The second-order valence-electron chi connectivity index (χ2n) is 4.09. The Kier molecular flexibility index (Phi) is 4.40. The number of methoxy groups -OCH3 is 1. The van der Waals surface area contributed by atoms with Gasteiger partial charge in [0.2, 0.25) is 0 Å². The number of para-hydroxylation sites is 2. The summed E-state index contributed by atoms with van der Waals surface area (Å²) in [6, 6.07) is 13.4. The van der Waals surface area contributed by atoms with Crippen molar-refractivity contribution >= 4 is 23.6 Å². The van der Waals surface area contributed by atoms with E-state index in [4.69, 9.17) is 0 Å². The molecule has 106 valence electrons. The molecule has 0 bridgehead atoms. The van der Waals surface area contributed by atoms with Crippen LogP contribution >= 0.6 is 0 Å². The van der Waals surface area contributed by atoms with Crippen LogP contribution in [0.25, 0.3) is 0 Å². The number of rotatable bonds is 4. The van der Waals surface area contributed by atoms with Crippen molar-refractivity contribution in [3.05, 3.63) is 69.8 Å². The first-order valence-electron chi connectivity index (χ1n) is 6.08. The highest BCUT2D eigenvalue weighted by atomic mass is 16.6. The smallest absolute Gasteiger partial charge is 0.344 e. The van der Waals surface area contributed by atoms with Gasteiger partial charge in [0.15, 0.2) is 0 Å². The maximum absolute atomic E-state index is 11.6. The summed E-state index contributed by atoms with van der Waals surface area (Å²) >= 11 is 0. The van der Waals surface area contributed by atoms with Gasteiger partial charge in [-0.25, -0.2) is 4.79 Å². The Hall–Kier alpha value is -3.02. The molecule has 6 heteroatoms. The lowest BCUT2D eigenvalue weighted by atomic mass is 10.1. The van der Waals surface area contributed by atoms with Gasteiger partial charge in [0.25, 0.3) is 5.69 Å². The van der Waals surface area contributed by atoms with Gasteiger partial charge in [-0.15, -0.1) is 0 Å². The predicted octanol–water partition coefficient (Wildman–Crippen LogP) is 3.13. The number of hydrogen-bond donors (Lipinski definition) is 0. The maximum Gasteiger partial charge on any atom is 0.344 e. The highest BCUT2D eigenvalue weighted by Crippen LogP contribution is 2.24. The van der Waals surface area contributed by atoms with Gasteiger partial charge in [0.05, 0.1) is 23.3 Å². The molecule has 0 fully saturated rings. The number of carbonyl (C=O) groups excluding carboxylic acids is 1. The monoisotopic (exact) mass is 284 g/mol. The Balaban J connectivity index is 2.46. The number of nitro benzene ring substituents is 1. The Morgan fingerprint density at radius 2 is 1.90 bits per heavy atom. The third-order valence-corrected chi connectivity index (χ3v) is 2.76. The first kappa shape index (κ1) is 14.4. The molecule has 0 aliphatic heterocycles. The number of hydrogen-bond acceptors (Lipinski definition) is 5. The third kappa shape index (κ3) is 3.30. The van der Waals surface area contributed by atoms with E-state index in [0.717, 1.165) is 0 Å². The molecule has 0 aliphatic rings. The van der Waals surface area contributed by atoms with Gasteiger partial charge < -0.3 is 4.74 Å². The van der Waals surface area contributed by atoms with Crippen LogP contribution in [0.2, 0.25) is 0 Å². The number of esters is 1. The van der Waals surface area contributed by atoms with Gasteiger partial charge in [-0.2, -0.15) is 0 Å². The Morgan fingerprint density at radius 3 is 2.52 bits per heavy atom. The van der Waals surface area contributed by atoms with E-state index in [2.05, 4.69) is 9.73 Å². The quantitative estimate of drug-likeness (QED) is 0.374. The van der Waals surface area contributed by atoms with Crippen molar-refractivity contribution in [2.45, 2.75) is 0 Å². The summed E-state index contributed by atoms with van der Waals surface area (Å²) in [6.07, 6.45) is 1.36. The molecule has 0 unspecified atom stereocenters. The van der Waals surface area contributed by atoms with Crippen molar-refractivity contribution in [2.75, 3.05) is 7.11 Å². The number of carbonyl (C=O) groups is 1. The lowest BCUT2D eigenvalue weighted by Gasteiger charge is -2.03. The van der Waals surface area contributed by atoms with Crippen molar-refractivity contribution in [1.82, 2.24) is 0 Å². The van der Waals surface area contributed by atoms with E-state index in [1.165, 1.54) is 25.5 Å². The fraction of sp³-hybridized carbons (Fsp3) is 0.0667.